The summed E-state index contributed by atoms with van der Waals surface area (Å²) in [4.78, 5) is 12.2. The summed E-state index contributed by atoms with van der Waals surface area (Å²) in [5.41, 5.74) is 1.51. The number of aromatic nitrogens is 2. The Balaban J connectivity index is 2.18. The highest BCUT2D eigenvalue weighted by Gasteiger charge is 2.20. The first kappa shape index (κ1) is 13.2. The minimum atomic E-state index is 0.886. The van der Waals surface area contributed by atoms with Crippen LogP contribution in [0.5, 0.6) is 0 Å². The molecule has 0 radical (unpaired) electrons. The second kappa shape index (κ2) is 5.67. The highest BCUT2D eigenvalue weighted by Crippen LogP contribution is 2.38. The number of fused-ring (bicyclic) bond motifs is 3. The normalized spacial score (nSPS) is 14.6. The largest absolute Gasteiger partial charge is 0.370 e. The van der Waals surface area contributed by atoms with Gasteiger partial charge in [-0.05, 0) is 44.4 Å². The SMILES string of the molecule is CCNc1nc(CSC)nc2sc3c(c12)CCCC3. The van der Waals surface area contributed by atoms with E-state index in [0.29, 0.717) is 0 Å². The number of thiophene rings is 1. The number of nitrogens with one attached hydrogen (secondary N) is 1. The molecule has 5 heteroatoms. The third-order valence-electron chi connectivity index (χ3n) is 3.48. The topological polar surface area (TPSA) is 37.8 Å². The first-order valence-electron chi connectivity index (χ1n) is 6.87. The van der Waals surface area contributed by atoms with Gasteiger partial charge in [-0.1, -0.05) is 0 Å². The summed E-state index contributed by atoms with van der Waals surface area (Å²) in [5, 5.41) is 4.73. The van der Waals surface area contributed by atoms with Gasteiger partial charge in [0.25, 0.3) is 0 Å². The second-order valence-corrected chi connectivity index (χ2v) is 6.79. The van der Waals surface area contributed by atoms with Crippen molar-refractivity contribution in [3.63, 3.8) is 0 Å². The first-order valence-corrected chi connectivity index (χ1v) is 9.08. The smallest absolute Gasteiger partial charge is 0.142 e. The third-order valence-corrected chi connectivity index (χ3v) is 5.21. The van der Waals surface area contributed by atoms with E-state index in [2.05, 4.69) is 18.5 Å². The molecule has 0 aromatic carbocycles. The molecular weight excluding hydrogens is 274 g/mol. The van der Waals surface area contributed by atoms with E-state index in [4.69, 9.17) is 9.97 Å². The Labute approximate surface area is 122 Å². The Morgan fingerprint density at radius 1 is 1.26 bits per heavy atom. The van der Waals surface area contributed by atoms with Crippen LogP contribution in [0, 0.1) is 0 Å². The van der Waals surface area contributed by atoms with Crippen molar-refractivity contribution in [3.8, 4) is 0 Å². The average molecular weight is 293 g/mol. The summed E-state index contributed by atoms with van der Waals surface area (Å²) in [6.45, 7) is 3.04. The monoisotopic (exact) mass is 293 g/mol. The molecule has 0 saturated heterocycles. The highest BCUT2D eigenvalue weighted by molar-refractivity contribution is 7.97. The van der Waals surface area contributed by atoms with Gasteiger partial charge in [-0.3, -0.25) is 0 Å². The number of thioether (sulfide) groups is 1. The zero-order valence-electron chi connectivity index (χ0n) is 11.5. The summed E-state index contributed by atoms with van der Waals surface area (Å²) in [7, 11) is 0. The predicted molar refractivity (Wildman–Crippen MR) is 85.4 cm³/mol. The predicted octanol–water partition coefficient (Wildman–Crippen LogP) is 3.86. The van der Waals surface area contributed by atoms with Gasteiger partial charge < -0.3 is 5.32 Å². The minimum absolute atomic E-state index is 0.886. The molecule has 1 aliphatic carbocycles. The molecule has 3 nitrogen and oxygen atoms in total. The van der Waals surface area contributed by atoms with Crippen molar-refractivity contribution in [1.82, 2.24) is 9.97 Å². The van der Waals surface area contributed by atoms with Crippen molar-refractivity contribution < 1.29 is 0 Å². The summed E-state index contributed by atoms with van der Waals surface area (Å²) in [6, 6.07) is 0. The molecule has 0 saturated carbocycles. The van der Waals surface area contributed by atoms with E-state index in [1.807, 2.05) is 11.3 Å². The number of rotatable bonds is 4. The van der Waals surface area contributed by atoms with E-state index >= 15 is 0 Å². The molecule has 19 heavy (non-hydrogen) atoms. The minimum Gasteiger partial charge on any atom is -0.370 e. The van der Waals surface area contributed by atoms with Crippen molar-refractivity contribution in [2.24, 2.45) is 0 Å². The van der Waals surface area contributed by atoms with Gasteiger partial charge >= 0.3 is 0 Å². The van der Waals surface area contributed by atoms with Crippen molar-refractivity contribution in [2.75, 3.05) is 18.1 Å². The molecule has 2 aromatic heterocycles. The molecule has 0 bridgehead atoms. The van der Waals surface area contributed by atoms with Crippen LogP contribution in [0.25, 0.3) is 10.2 Å². The maximum absolute atomic E-state index is 4.76. The lowest BCUT2D eigenvalue weighted by Gasteiger charge is -2.12. The lowest BCUT2D eigenvalue weighted by molar-refractivity contribution is 0.700. The van der Waals surface area contributed by atoms with E-state index in [-0.39, 0.29) is 0 Å². The summed E-state index contributed by atoms with van der Waals surface area (Å²) in [6.07, 6.45) is 7.14. The number of nitrogens with zero attached hydrogens (tertiary/aromatic N) is 2. The molecule has 0 fully saturated rings. The molecular formula is C14H19N3S2. The quantitative estimate of drug-likeness (QED) is 0.928. The zero-order valence-corrected chi connectivity index (χ0v) is 13.1. The standard InChI is InChI=1S/C14H19N3S2/c1-3-15-13-12-9-6-4-5-7-10(9)19-14(12)17-11(16-13)8-18-2/h3-8H2,1-2H3,(H,15,16,17). The fourth-order valence-corrected chi connectivity index (χ4v) is 4.36. The number of hydrogen-bond donors (Lipinski definition) is 1. The van der Waals surface area contributed by atoms with E-state index in [1.165, 1.54) is 46.3 Å². The lowest BCUT2D eigenvalue weighted by atomic mass is 9.97. The number of aryl methyl sites for hydroxylation is 2. The van der Waals surface area contributed by atoms with Gasteiger partial charge in [-0.2, -0.15) is 11.8 Å². The second-order valence-electron chi connectivity index (χ2n) is 4.84. The van der Waals surface area contributed by atoms with Gasteiger partial charge in [0.15, 0.2) is 0 Å². The molecule has 0 aliphatic heterocycles. The van der Waals surface area contributed by atoms with Crippen LogP contribution in [0.3, 0.4) is 0 Å². The molecule has 0 atom stereocenters. The van der Waals surface area contributed by atoms with Crippen LogP contribution in [0.1, 0.15) is 36.0 Å². The average Bonchev–Trinajstić information content (AvgIpc) is 2.77. The molecule has 2 heterocycles. The van der Waals surface area contributed by atoms with E-state index < -0.39 is 0 Å². The van der Waals surface area contributed by atoms with E-state index in [0.717, 1.165) is 23.9 Å². The maximum Gasteiger partial charge on any atom is 0.142 e. The Morgan fingerprint density at radius 2 is 2.11 bits per heavy atom. The van der Waals surface area contributed by atoms with Crippen LogP contribution in [-0.4, -0.2) is 22.8 Å². The Bertz CT molecular complexity index is 592. The van der Waals surface area contributed by atoms with Crippen molar-refractivity contribution in [2.45, 2.75) is 38.4 Å². The zero-order chi connectivity index (χ0) is 13.2. The van der Waals surface area contributed by atoms with Gasteiger partial charge in [-0.15, -0.1) is 11.3 Å². The fraction of sp³-hybridized carbons (Fsp3) is 0.571. The van der Waals surface area contributed by atoms with E-state index in [9.17, 15) is 0 Å². The van der Waals surface area contributed by atoms with Gasteiger partial charge in [0, 0.05) is 11.4 Å². The molecule has 1 aliphatic rings. The Kier molecular flexibility index (Phi) is 3.93. The van der Waals surface area contributed by atoms with Crippen LogP contribution in [-0.2, 0) is 18.6 Å². The van der Waals surface area contributed by atoms with Crippen LogP contribution >= 0.6 is 23.1 Å². The molecule has 3 rings (SSSR count). The lowest BCUT2D eigenvalue weighted by Crippen LogP contribution is -2.05. The Morgan fingerprint density at radius 3 is 2.89 bits per heavy atom. The third kappa shape index (κ3) is 2.46. The van der Waals surface area contributed by atoms with Gasteiger partial charge in [-0.25, -0.2) is 9.97 Å². The fourth-order valence-electron chi connectivity index (χ4n) is 2.69. The summed E-state index contributed by atoms with van der Waals surface area (Å²) >= 11 is 3.66. The van der Waals surface area contributed by atoms with Crippen LogP contribution in [0.15, 0.2) is 0 Å². The molecule has 0 amide bonds. The number of anilines is 1. The van der Waals surface area contributed by atoms with Gasteiger partial charge in [0.05, 0.1) is 11.1 Å². The molecule has 2 aromatic rings. The molecule has 1 N–H and O–H groups in total. The Hall–Kier alpha value is -0.810. The summed E-state index contributed by atoms with van der Waals surface area (Å²) < 4.78 is 0. The maximum atomic E-state index is 4.76. The van der Waals surface area contributed by atoms with Crippen molar-refractivity contribution in [1.29, 1.82) is 0 Å². The van der Waals surface area contributed by atoms with Gasteiger partial charge in [0.2, 0.25) is 0 Å². The molecule has 102 valence electrons. The first-order chi connectivity index (χ1) is 9.33. The van der Waals surface area contributed by atoms with Crippen LogP contribution < -0.4 is 5.32 Å². The molecule has 0 spiro atoms. The highest BCUT2D eigenvalue weighted by atomic mass is 32.2. The molecule has 0 unspecified atom stereocenters. The van der Waals surface area contributed by atoms with Crippen molar-refractivity contribution in [3.05, 3.63) is 16.3 Å². The van der Waals surface area contributed by atoms with Crippen LogP contribution in [0.2, 0.25) is 0 Å². The summed E-state index contributed by atoms with van der Waals surface area (Å²) in [5.74, 6) is 2.89. The van der Waals surface area contributed by atoms with Crippen LogP contribution in [0.4, 0.5) is 5.82 Å². The van der Waals surface area contributed by atoms with E-state index in [1.54, 1.807) is 11.8 Å². The van der Waals surface area contributed by atoms with Gasteiger partial charge in [0.1, 0.15) is 16.5 Å². The van der Waals surface area contributed by atoms with Crippen molar-refractivity contribution >= 4 is 39.1 Å². The number of hydrogen-bond acceptors (Lipinski definition) is 5.